The largest absolute Gasteiger partial charge is 0.493 e. The Kier molecular flexibility index (Phi) is 8.01. The fourth-order valence-electron chi connectivity index (χ4n) is 3.89. The summed E-state index contributed by atoms with van der Waals surface area (Å²) in [6.07, 6.45) is -1.50. The molecule has 0 radical (unpaired) electrons. The Labute approximate surface area is 191 Å². The SMILES string of the molecule is CCCOc1cc(CN(c2cc(C(F)(F)F)c(C(N)=O)cn2)C2CCNCC2)ccc1OC. The molecule has 1 aliphatic rings. The molecule has 7 nitrogen and oxygen atoms in total. The van der Waals surface area contributed by atoms with Crippen molar-refractivity contribution in [1.82, 2.24) is 10.3 Å². The molecule has 33 heavy (non-hydrogen) atoms. The smallest absolute Gasteiger partial charge is 0.417 e. The maximum absolute atomic E-state index is 13.7. The van der Waals surface area contributed by atoms with Crippen LogP contribution in [0, 0.1) is 0 Å². The second kappa shape index (κ2) is 10.7. The van der Waals surface area contributed by atoms with Crippen molar-refractivity contribution in [3.63, 3.8) is 0 Å². The van der Waals surface area contributed by atoms with Crippen molar-refractivity contribution < 1.29 is 27.4 Å². The summed E-state index contributed by atoms with van der Waals surface area (Å²) in [6, 6.07) is 6.37. The van der Waals surface area contributed by atoms with Crippen LogP contribution in [-0.2, 0) is 12.7 Å². The van der Waals surface area contributed by atoms with E-state index < -0.39 is 23.2 Å². The van der Waals surface area contributed by atoms with Gasteiger partial charge in [-0.2, -0.15) is 13.2 Å². The van der Waals surface area contributed by atoms with Crippen LogP contribution < -0.4 is 25.4 Å². The van der Waals surface area contributed by atoms with Gasteiger partial charge in [0.1, 0.15) is 5.82 Å². The third-order valence-corrected chi connectivity index (χ3v) is 5.55. The molecule has 1 saturated heterocycles. The van der Waals surface area contributed by atoms with Gasteiger partial charge in [-0.25, -0.2) is 4.98 Å². The predicted molar refractivity (Wildman–Crippen MR) is 119 cm³/mol. The number of hydrogen-bond acceptors (Lipinski definition) is 6. The van der Waals surface area contributed by atoms with Crippen molar-refractivity contribution in [1.29, 1.82) is 0 Å². The van der Waals surface area contributed by atoms with Crippen LogP contribution in [-0.4, -0.2) is 43.7 Å². The molecule has 0 unspecified atom stereocenters. The van der Waals surface area contributed by atoms with Gasteiger partial charge in [-0.3, -0.25) is 4.79 Å². The van der Waals surface area contributed by atoms with Crippen LogP contribution in [0.15, 0.2) is 30.5 Å². The van der Waals surface area contributed by atoms with Crippen molar-refractivity contribution in [3.05, 3.63) is 47.2 Å². The number of pyridine rings is 1. The summed E-state index contributed by atoms with van der Waals surface area (Å²) in [6.45, 7) is 4.33. The molecular weight excluding hydrogens is 437 g/mol. The average molecular weight is 467 g/mol. The van der Waals surface area contributed by atoms with E-state index in [1.54, 1.807) is 13.2 Å². The number of anilines is 1. The topological polar surface area (TPSA) is 89.7 Å². The molecule has 0 saturated carbocycles. The third kappa shape index (κ3) is 6.07. The van der Waals surface area contributed by atoms with E-state index in [0.717, 1.165) is 50.2 Å². The Morgan fingerprint density at radius 1 is 1.24 bits per heavy atom. The van der Waals surface area contributed by atoms with Crippen molar-refractivity contribution >= 4 is 11.7 Å². The standard InChI is InChI=1S/C23H29F3N4O3/c1-3-10-33-20-11-15(4-5-19(20)32-2)14-30(16-6-8-28-9-7-16)21-12-18(23(24,25)26)17(13-29-21)22(27)31/h4-5,11-13,16,28H,3,6-10,14H2,1-2H3,(H2,27,31). The summed E-state index contributed by atoms with van der Waals surface area (Å²) in [5.41, 5.74) is 4.28. The highest BCUT2D eigenvalue weighted by Gasteiger charge is 2.36. The maximum Gasteiger partial charge on any atom is 0.417 e. The first-order valence-electron chi connectivity index (χ1n) is 10.9. The second-order valence-corrected chi connectivity index (χ2v) is 7.89. The average Bonchev–Trinajstić information content (AvgIpc) is 2.80. The van der Waals surface area contributed by atoms with Crippen LogP contribution in [0.4, 0.5) is 19.0 Å². The number of rotatable bonds is 9. The monoisotopic (exact) mass is 466 g/mol. The zero-order valence-corrected chi connectivity index (χ0v) is 18.7. The summed E-state index contributed by atoms with van der Waals surface area (Å²) >= 11 is 0. The van der Waals surface area contributed by atoms with Gasteiger partial charge in [0.25, 0.3) is 5.91 Å². The summed E-state index contributed by atoms with van der Waals surface area (Å²) in [5, 5.41) is 3.27. The van der Waals surface area contributed by atoms with Gasteiger partial charge < -0.3 is 25.4 Å². The molecule has 1 aliphatic heterocycles. The molecule has 0 aliphatic carbocycles. The van der Waals surface area contributed by atoms with Crippen molar-refractivity contribution in [2.45, 2.75) is 44.9 Å². The minimum Gasteiger partial charge on any atom is -0.493 e. The van der Waals surface area contributed by atoms with Crippen LogP contribution in [0.1, 0.15) is 47.7 Å². The number of carbonyl (C=O) groups is 1. The third-order valence-electron chi connectivity index (χ3n) is 5.55. The number of ether oxygens (including phenoxy) is 2. The lowest BCUT2D eigenvalue weighted by Gasteiger charge is -2.36. The van der Waals surface area contributed by atoms with E-state index in [1.807, 2.05) is 24.0 Å². The Morgan fingerprint density at radius 2 is 1.97 bits per heavy atom. The van der Waals surface area contributed by atoms with Crippen LogP contribution in [0.5, 0.6) is 11.5 Å². The molecule has 1 aromatic heterocycles. The number of benzene rings is 1. The molecule has 0 bridgehead atoms. The number of methoxy groups -OCH3 is 1. The summed E-state index contributed by atoms with van der Waals surface area (Å²) < 4.78 is 52.2. The Balaban J connectivity index is 2.01. The van der Waals surface area contributed by atoms with Crippen molar-refractivity contribution in [2.75, 3.05) is 31.7 Å². The van der Waals surface area contributed by atoms with Gasteiger partial charge >= 0.3 is 6.18 Å². The zero-order valence-electron chi connectivity index (χ0n) is 18.7. The minimum atomic E-state index is -4.73. The number of carbonyl (C=O) groups excluding carboxylic acids is 1. The summed E-state index contributed by atoms with van der Waals surface area (Å²) in [4.78, 5) is 17.6. The molecule has 2 aromatic rings. The lowest BCUT2D eigenvalue weighted by atomic mass is 10.0. The van der Waals surface area contributed by atoms with Gasteiger partial charge in [0.05, 0.1) is 24.8 Å². The highest BCUT2D eigenvalue weighted by atomic mass is 19.4. The van der Waals surface area contributed by atoms with E-state index in [0.29, 0.717) is 24.7 Å². The minimum absolute atomic E-state index is 0.0265. The summed E-state index contributed by atoms with van der Waals surface area (Å²) in [7, 11) is 1.55. The lowest BCUT2D eigenvalue weighted by Crippen LogP contribution is -2.43. The van der Waals surface area contributed by atoms with Crippen molar-refractivity contribution in [2.24, 2.45) is 5.73 Å². The first-order valence-corrected chi connectivity index (χ1v) is 10.9. The van der Waals surface area contributed by atoms with E-state index in [4.69, 9.17) is 15.2 Å². The zero-order chi connectivity index (χ0) is 24.0. The molecule has 1 fully saturated rings. The van der Waals surface area contributed by atoms with Gasteiger partial charge in [0.2, 0.25) is 0 Å². The van der Waals surface area contributed by atoms with Gasteiger partial charge in [0.15, 0.2) is 11.5 Å². The molecule has 0 atom stereocenters. The first kappa shape index (κ1) is 24.6. The summed E-state index contributed by atoms with van der Waals surface area (Å²) in [5.74, 6) is 0.146. The molecule has 10 heteroatoms. The van der Waals surface area contributed by atoms with Gasteiger partial charge in [-0.1, -0.05) is 13.0 Å². The van der Waals surface area contributed by atoms with Gasteiger partial charge in [-0.05, 0) is 56.1 Å². The number of aromatic nitrogens is 1. The fraction of sp³-hybridized carbons (Fsp3) is 0.478. The number of hydrogen-bond donors (Lipinski definition) is 2. The number of piperidine rings is 1. The van der Waals surface area contributed by atoms with Gasteiger partial charge in [-0.15, -0.1) is 0 Å². The molecule has 1 aromatic carbocycles. The number of nitrogens with two attached hydrogens (primary N) is 1. The van der Waals surface area contributed by atoms with Crippen LogP contribution in [0.2, 0.25) is 0 Å². The Morgan fingerprint density at radius 3 is 2.58 bits per heavy atom. The quantitative estimate of drug-likeness (QED) is 0.585. The fourth-order valence-corrected chi connectivity index (χ4v) is 3.89. The number of nitrogens with zero attached hydrogens (tertiary/aromatic N) is 2. The normalized spacial score (nSPS) is 14.7. The van der Waals surface area contributed by atoms with E-state index in [9.17, 15) is 18.0 Å². The highest BCUT2D eigenvalue weighted by Crippen LogP contribution is 2.35. The van der Waals surface area contributed by atoms with E-state index in [1.165, 1.54) is 0 Å². The molecule has 0 spiro atoms. The molecular formula is C23H29F3N4O3. The van der Waals surface area contributed by atoms with Crippen LogP contribution >= 0.6 is 0 Å². The number of nitrogens with one attached hydrogen (secondary N) is 1. The highest BCUT2D eigenvalue weighted by molar-refractivity contribution is 5.94. The molecule has 3 rings (SSSR count). The number of halogens is 3. The molecule has 1 amide bonds. The predicted octanol–water partition coefficient (Wildman–Crippen LogP) is 3.76. The maximum atomic E-state index is 13.7. The van der Waals surface area contributed by atoms with E-state index in [-0.39, 0.29) is 11.9 Å². The number of amides is 1. The molecule has 2 heterocycles. The number of alkyl halides is 3. The van der Waals surface area contributed by atoms with Crippen LogP contribution in [0.25, 0.3) is 0 Å². The van der Waals surface area contributed by atoms with E-state index >= 15 is 0 Å². The van der Waals surface area contributed by atoms with Crippen LogP contribution in [0.3, 0.4) is 0 Å². The Hall–Kier alpha value is -3.01. The van der Waals surface area contributed by atoms with E-state index in [2.05, 4.69) is 10.3 Å². The second-order valence-electron chi connectivity index (χ2n) is 7.89. The Bertz CT molecular complexity index is 962. The molecule has 3 N–H and O–H groups in total. The van der Waals surface area contributed by atoms with Crippen molar-refractivity contribution in [3.8, 4) is 11.5 Å². The lowest BCUT2D eigenvalue weighted by molar-refractivity contribution is -0.137. The molecule has 180 valence electrons. The number of primary amides is 1. The van der Waals surface area contributed by atoms with Gasteiger partial charge in [0, 0.05) is 18.8 Å². The first-order chi connectivity index (χ1) is 15.7.